The van der Waals surface area contributed by atoms with E-state index in [1.54, 1.807) is 43.5 Å². The molecule has 0 spiro atoms. The molecular formula is C18H16N2O4. The number of pyridine rings is 1. The van der Waals surface area contributed by atoms with Crippen molar-refractivity contribution in [2.75, 3.05) is 6.61 Å². The number of furan rings is 1. The number of carbonyl (C=O) groups excluding carboxylic acids is 2. The summed E-state index contributed by atoms with van der Waals surface area (Å²) in [6, 6.07) is 12.1. The molecule has 6 heteroatoms. The summed E-state index contributed by atoms with van der Waals surface area (Å²) in [5.41, 5.74) is 0.884. The average molecular weight is 324 g/mol. The van der Waals surface area contributed by atoms with E-state index >= 15 is 0 Å². The predicted octanol–water partition coefficient (Wildman–Crippen LogP) is 2.86. The highest BCUT2D eigenvalue weighted by molar-refractivity contribution is 6.03. The van der Waals surface area contributed by atoms with E-state index in [9.17, 15) is 9.59 Å². The van der Waals surface area contributed by atoms with Crippen LogP contribution in [-0.2, 0) is 9.53 Å². The van der Waals surface area contributed by atoms with Gasteiger partial charge in [0.25, 0.3) is 5.91 Å². The lowest BCUT2D eigenvalue weighted by Gasteiger charge is -2.12. The van der Waals surface area contributed by atoms with E-state index in [-0.39, 0.29) is 12.6 Å². The second-order valence-corrected chi connectivity index (χ2v) is 5.26. The van der Waals surface area contributed by atoms with Crippen molar-refractivity contribution >= 4 is 22.8 Å². The molecule has 6 nitrogen and oxygen atoms in total. The van der Waals surface area contributed by atoms with Crippen molar-refractivity contribution in [1.29, 1.82) is 0 Å². The molecule has 0 saturated carbocycles. The summed E-state index contributed by atoms with van der Waals surface area (Å²) in [6.07, 6.45) is 3.14. The molecule has 0 fully saturated rings. The van der Waals surface area contributed by atoms with Gasteiger partial charge in [-0.3, -0.25) is 9.78 Å². The Balaban J connectivity index is 1.61. The fraction of sp³-hybridized carbons (Fsp3) is 0.167. The van der Waals surface area contributed by atoms with Crippen LogP contribution in [0.1, 0.15) is 29.1 Å². The number of hydrogen-bond acceptors (Lipinski definition) is 5. The molecule has 2 heterocycles. The van der Waals surface area contributed by atoms with Gasteiger partial charge in [-0.1, -0.05) is 18.2 Å². The Kier molecular flexibility index (Phi) is 4.56. The van der Waals surface area contributed by atoms with Crippen LogP contribution in [0.25, 0.3) is 10.9 Å². The summed E-state index contributed by atoms with van der Waals surface area (Å²) >= 11 is 0. The Hall–Kier alpha value is -3.15. The van der Waals surface area contributed by atoms with Crippen molar-refractivity contribution in [3.63, 3.8) is 0 Å². The van der Waals surface area contributed by atoms with Crippen LogP contribution in [0.2, 0.25) is 0 Å². The highest BCUT2D eigenvalue weighted by Crippen LogP contribution is 2.17. The lowest BCUT2D eigenvalue weighted by Crippen LogP contribution is -2.31. The first kappa shape index (κ1) is 15.7. The standard InChI is InChI=1S/C18H16N2O4/c1-12(15-8-4-10-23-15)20-16(21)11-24-18(22)14-7-2-5-13-6-3-9-19-17(13)14/h2-10,12H,11H2,1H3,(H,20,21)/t12-/m0/s1. The van der Waals surface area contributed by atoms with E-state index in [4.69, 9.17) is 9.15 Å². The maximum Gasteiger partial charge on any atom is 0.340 e. The number of rotatable bonds is 5. The number of ether oxygens (including phenoxy) is 1. The van der Waals surface area contributed by atoms with Crippen LogP contribution in [0.15, 0.2) is 59.3 Å². The zero-order valence-corrected chi connectivity index (χ0v) is 13.1. The number of para-hydroxylation sites is 1. The fourth-order valence-corrected chi connectivity index (χ4v) is 2.37. The van der Waals surface area contributed by atoms with Crippen molar-refractivity contribution in [2.24, 2.45) is 0 Å². The number of nitrogens with zero attached hydrogens (tertiary/aromatic N) is 1. The largest absolute Gasteiger partial charge is 0.467 e. The fourth-order valence-electron chi connectivity index (χ4n) is 2.37. The molecule has 0 unspecified atom stereocenters. The Labute approximate surface area is 138 Å². The number of esters is 1. The maximum absolute atomic E-state index is 12.2. The van der Waals surface area contributed by atoms with Crippen LogP contribution in [0.4, 0.5) is 0 Å². The molecule has 0 aliphatic carbocycles. The summed E-state index contributed by atoms with van der Waals surface area (Å²) in [5, 5.41) is 3.54. The molecule has 0 radical (unpaired) electrons. The first-order valence-corrected chi connectivity index (χ1v) is 7.49. The molecule has 1 amide bonds. The number of benzene rings is 1. The van der Waals surface area contributed by atoms with Gasteiger partial charge >= 0.3 is 5.97 Å². The summed E-state index contributed by atoms with van der Waals surface area (Å²) in [4.78, 5) is 28.3. The highest BCUT2D eigenvalue weighted by Gasteiger charge is 2.16. The number of carbonyl (C=O) groups is 2. The Morgan fingerprint density at radius 2 is 2.04 bits per heavy atom. The summed E-state index contributed by atoms with van der Waals surface area (Å²) in [5.74, 6) is -0.353. The number of aromatic nitrogens is 1. The summed E-state index contributed by atoms with van der Waals surface area (Å²) < 4.78 is 10.3. The molecule has 1 aromatic carbocycles. The molecule has 1 N–H and O–H groups in total. The third kappa shape index (κ3) is 3.43. The van der Waals surface area contributed by atoms with E-state index < -0.39 is 11.9 Å². The molecule has 0 aliphatic rings. The van der Waals surface area contributed by atoms with Crippen LogP contribution >= 0.6 is 0 Å². The van der Waals surface area contributed by atoms with Crippen molar-refractivity contribution in [3.8, 4) is 0 Å². The van der Waals surface area contributed by atoms with Crippen LogP contribution in [0.3, 0.4) is 0 Å². The lowest BCUT2D eigenvalue weighted by molar-refractivity contribution is -0.125. The van der Waals surface area contributed by atoms with Crippen LogP contribution in [0, 0.1) is 0 Å². The van der Waals surface area contributed by atoms with Crippen molar-refractivity contribution in [3.05, 3.63) is 66.2 Å². The minimum absolute atomic E-state index is 0.301. The predicted molar refractivity (Wildman–Crippen MR) is 87.3 cm³/mol. The zero-order chi connectivity index (χ0) is 16.9. The van der Waals surface area contributed by atoms with E-state index in [0.717, 1.165) is 5.39 Å². The van der Waals surface area contributed by atoms with Gasteiger partial charge in [-0.05, 0) is 31.2 Å². The SMILES string of the molecule is C[C@H](NC(=O)COC(=O)c1cccc2cccnc12)c1ccco1. The topological polar surface area (TPSA) is 81.4 Å². The van der Waals surface area contributed by atoms with Gasteiger partial charge in [-0.2, -0.15) is 0 Å². The molecule has 3 rings (SSSR count). The van der Waals surface area contributed by atoms with Gasteiger partial charge in [0.2, 0.25) is 0 Å². The Morgan fingerprint density at radius 1 is 1.21 bits per heavy atom. The third-order valence-corrected chi connectivity index (χ3v) is 3.53. The van der Waals surface area contributed by atoms with Gasteiger partial charge in [0.05, 0.1) is 23.4 Å². The van der Waals surface area contributed by atoms with Gasteiger partial charge in [0, 0.05) is 11.6 Å². The van der Waals surface area contributed by atoms with Crippen LogP contribution in [-0.4, -0.2) is 23.5 Å². The number of fused-ring (bicyclic) bond motifs is 1. The maximum atomic E-state index is 12.2. The summed E-state index contributed by atoms with van der Waals surface area (Å²) in [7, 11) is 0. The summed E-state index contributed by atoms with van der Waals surface area (Å²) in [6.45, 7) is 1.42. The number of hydrogen-bond donors (Lipinski definition) is 1. The molecule has 0 bridgehead atoms. The second-order valence-electron chi connectivity index (χ2n) is 5.26. The van der Waals surface area contributed by atoms with E-state index in [0.29, 0.717) is 16.8 Å². The average Bonchev–Trinajstić information content (AvgIpc) is 3.14. The van der Waals surface area contributed by atoms with Crippen molar-refractivity contribution in [2.45, 2.75) is 13.0 Å². The quantitative estimate of drug-likeness (QED) is 0.730. The van der Waals surface area contributed by atoms with Crippen molar-refractivity contribution in [1.82, 2.24) is 10.3 Å². The monoisotopic (exact) mass is 324 g/mol. The van der Waals surface area contributed by atoms with Crippen LogP contribution in [0.5, 0.6) is 0 Å². The molecule has 24 heavy (non-hydrogen) atoms. The number of amides is 1. The molecule has 1 atom stereocenters. The zero-order valence-electron chi connectivity index (χ0n) is 13.1. The lowest BCUT2D eigenvalue weighted by atomic mass is 10.1. The van der Waals surface area contributed by atoms with Gasteiger partial charge in [-0.25, -0.2) is 4.79 Å². The van der Waals surface area contributed by atoms with Gasteiger partial charge < -0.3 is 14.5 Å². The van der Waals surface area contributed by atoms with E-state index in [1.807, 2.05) is 12.1 Å². The molecule has 2 aromatic heterocycles. The molecule has 3 aromatic rings. The molecule has 0 saturated heterocycles. The van der Waals surface area contributed by atoms with E-state index in [2.05, 4.69) is 10.3 Å². The smallest absolute Gasteiger partial charge is 0.340 e. The van der Waals surface area contributed by atoms with E-state index in [1.165, 1.54) is 6.26 Å². The van der Waals surface area contributed by atoms with Crippen molar-refractivity contribution < 1.29 is 18.7 Å². The minimum Gasteiger partial charge on any atom is -0.467 e. The van der Waals surface area contributed by atoms with Gasteiger partial charge in [0.1, 0.15) is 5.76 Å². The molecule has 122 valence electrons. The Bertz CT molecular complexity index is 853. The molecular weight excluding hydrogens is 308 g/mol. The first-order valence-electron chi connectivity index (χ1n) is 7.49. The second kappa shape index (κ2) is 6.95. The minimum atomic E-state index is -0.583. The van der Waals surface area contributed by atoms with Crippen LogP contribution < -0.4 is 5.32 Å². The molecule has 0 aliphatic heterocycles. The van der Waals surface area contributed by atoms with Gasteiger partial charge in [0.15, 0.2) is 6.61 Å². The Morgan fingerprint density at radius 3 is 2.83 bits per heavy atom. The third-order valence-electron chi connectivity index (χ3n) is 3.53. The number of nitrogens with one attached hydrogen (secondary N) is 1. The van der Waals surface area contributed by atoms with Gasteiger partial charge in [-0.15, -0.1) is 0 Å². The normalized spacial score (nSPS) is 11.9. The highest BCUT2D eigenvalue weighted by atomic mass is 16.5. The first-order chi connectivity index (χ1) is 11.6.